The number of benzene rings is 1. The van der Waals surface area contributed by atoms with E-state index in [9.17, 15) is 5.11 Å². The highest BCUT2D eigenvalue weighted by Gasteiger charge is 2.02. The molecule has 0 fully saturated rings. The Morgan fingerprint density at radius 2 is 2.17 bits per heavy atom. The van der Waals surface area contributed by atoms with Crippen LogP contribution in [-0.2, 0) is 4.84 Å². The molecule has 0 aromatic heterocycles. The molecule has 64 valence electrons. The standard InChI is InChI=1S/C8H9NO3/c1-12-9-5-6-3-2-4-7(10)8(6)11/h2-5,10-11H,1H3/b9-5+. The van der Waals surface area contributed by atoms with E-state index < -0.39 is 0 Å². The molecule has 0 amide bonds. The van der Waals surface area contributed by atoms with Crippen molar-refractivity contribution < 1.29 is 15.1 Å². The summed E-state index contributed by atoms with van der Waals surface area (Å²) >= 11 is 0. The molecule has 12 heavy (non-hydrogen) atoms. The van der Waals surface area contributed by atoms with Gasteiger partial charge < -0.3 is 15.1 Å². The van der Waals surface area contributed by atoms with Crippen molar-refractivity contribution in [2.45, 2.75) is 0 Å². The van der Waals surface area contributed by atoms with Gasteiger partial charge in [0.2, 0.25) is 0 Å². The highest BCUT2D eigenvalue weighted by Crippen LogP contribution is 2.26. The number of rotatable bonds is 2. The molecule has 0 radical (unpaired) electrons. The molecule has 0 saturated heterocycles. The highest BCUT2D eigenvalue weighted by molar-refractivity contribution is 5.84. The highest BCUT2D eigenvalue weighted by atomic mass is 16.6. The lowest BCUT2D eigenvalue weighted by molar-refractivity contribution is 0.215. The van der Waals surface area contributed by atoms with E-state index >= 15 is 0 Å². The number of phenolic OH excluding ortho intramolecular Hbond substituents is 2. The molecule has 0 saturated carbocycles. The van der Waals surface area contributed by atoms with Crippen molar-refractivity contribution in [3.8, 4) is 11.5 Å². The Morgan fingerprint density at radius 3 is 2.83 bits per heavy atom. The Kier molecular flexibility index (Phi) is 2.53. The lowest BCUT2D eigenvalue weighted by atomic mass is 10.2. The molecule has 0 spiro atoms. The molecule has 0 aliphatic heterocycles. The van der Waals surface area contributed by atoms with Crippen molar-refractivity contribution >= 4 is 6.21 Å². The number of hydrogen-bond donors (Lipinski definition) is 2. The van der Waals surface area contributed by atoms with Gasteiger partial charge in [0.25, 0.3) is 0 Å². The Morgan fingerprint density at radius 1 is 1.42 bits per heavy atom. The second kappa shape index (κ2) is 3.61. The van der Waals surface area contributed by atoms with Crippen molar-refractivity contribution in [2.75, 3.05) is 7.11 Å². The maximum absolute atomic E-state index is 9.23. The predicted octanol–water partition coefficient (Wildman–Crippen LogP) is 1.08. The largest absolute Gasteiger partial charge is 0.504 e. The molecule has 1 aromatic carbocycles. The second-order valence-electron chi connectivity index (χ2n) is 2.13. The van der Waals surface area contributed by atoms with E-state index in [1.807, 2.05) is 0 Å². The molecule has 0 atom stereocenters. The van der Waals surface area contributed by atoms with Crippen LogP contribution in [0.4, 0.5) is 0 Å². The minimum Gasteiger partial charge on any atom is -0.504 e. The first-order valence-electron chi connectivity index (χ1n) is 3.33. The Balaban J connectivity index is 3.00. The first-order chi connectivity index (χ1) is 5.75. The molecule has 4 nitrogen and oxygen atoms in total. The SMILES string of the molecule is CO/N=C/c1cccc(O)c1O. The number of hydrogen-bond acceptors (Lipinski definition) is 4. The second-order valence-corrected chi connectivity index (χ2v) is 2.13. The van der Waals surface area contributed by atoms with Gasteiger partial charge in [-0.15, -0.1) is 0 Å². The molecule has 1 rings (SSSR count). The molecule has 0 aliphatic rings. The molecule has 1 aromatic rings. The van der Waals surface area contributed by atoms with E-state index in [4.69, 9.17) is 5.11 Å². The summed E-state index contributed by atoms with van der Waals surface area (Å²) in [5.41, 5.74) is 0.414. The van der Waals surface area contributed by atoms with Gasteiger partial charge in [-0.05, 0) is 12.1 Å². The van der Waals surface area contributed by atoms with E-state index in [2.05, 4.69) is 9.99 Å². The van der Waals surface area contributed by atoms with Crippen LogP contribution in [0.1, 0.15) is 5.56 Å². The van der Waals surface area contributed by atoms with Crippen molar-refractivity contribution in [3.63, 3.8) is 0 Å². The third kappa shape index (κ3) is 1.66. The fourth-order valence-electron chi connectivity index (χ4n) is 0.762. The fourth-order valence-corrected chi connectivity index (χ4v) is 0.762. The van der Waals surface area contributed by atoms with Gasteiger partial charge in [0.15, 0.2) is 11.5 Å². The smallest absolute Gasteiger partial charge is 0.166 e. The van der Waals surface area contributed by atoms with Crippen LogP contribution in [0, 0.1) is 0 Å². The van der Waals surface area contributed by atoms with Gasteiger partial charge in [-0.1, -0.05) is 11.2 Å². The van der Waals surface area contributed by atoms with E-state index in [1.165, 1.54) is 19.4 Å². The Bertz CT molecular complexity index is 296. The average molecular weight is 167 g/mol. The van der Waals surface area contributed by atoms with Gasteiger partial charge in [-0.2, -0.15) is 0 Å². The van der Waals surface area contributed by atoms with Crippen LogP contribution in [-0.4, -0.2) is 23.5 Å². The number of nitrogens with zero attached hydrogens (tertiary/aromatic N) is 1. The third-order valence-electron chi connectivity index (χ3n) is 1.34. The lowest BCUT2D eigenvalue weighted by Crippen LogP contribution is -1.82. The van der Waals surface area contributed by atoms with Gasteiger partial charge in [0, 0.05) is 5.56 Å². The van der Waals surface area contributed by atoms with E-state index in [0.29, 0.717) is 5.56 Å². The molecule has 0 aliphatic carbocycles. The third-order valence-corrected chi connectivity index (χ3v) is 1.34. The summed E-state index contributed by atoms with van der Waals surface area (Å²) in [6.07, 6.45) is 1.31. The minimum absolute atomic E-state index is 0.171. The minimum atomic E-state index is -0.196. The van der Waals surface area contributed by atoms with Crippen LogP contribution in [0.5, 0.6) is 11.5 Å². The van der Waals surface area contributed by atoms with Gasteiger partial charge in [0.1, 0.15) is 7.11 Å². The van der Waals surface area contributed by atoms with Crippen LogP contribution in [0.3, 0.4) is 0 Å². The van der Waals surface area contributed by atoms with Gasteiger partial charge in [0.05, 0.1) is 6.21 Å². The monoisotopic (exact) mass is 167 g/mol. The topological polar surface area (TPSA) is 62.0 Å². The van der Waals surface area contributed by atoms with Gasteiger partial charge in [-0.3, -0.25) is 0 Å². The van der Waals surface area contributed by atoms with Crippen LogP contribution >= 0.6 is 0 Å². The summed E-state index contributed by atoms with van der Waals surface area (Å²) in [6.45, 7) is 0. The number of aromatic hydroxyl groups is 2. The quantitative estimate of drug-likeness (QED) is 0.393. The first kappa shape index (κ1) is 8.39. The van der Waals surface area contributed by atoms with E-state index in [0.717, 1.165) is 0 Å². The average Bonchev–Trinajstić information content (AvgIpc) is 2.08. The van der Waals surface area contributed by atoms with E-state index in [-0.39, 0.29) is 11.5 Å². The van der Waals surface area contributed by atoms with Crippen LogP contribution in [0.25, 0.3) is 0 Å². The van der Waals surface area contributed by atoms with Crippen LogP contribution in [0.2, 0.25) is 0 Å². The molecule has 2 N–H and O–H groups in total. The zero-order valence-electron chi connectivity index (χ0n) is 6.56. The summed E-state index contributed by atoms with van der Waals surface area (Å²) < 4.78 is 0. The number of para-hydroxylation sites is 1. The molecule has 0 heterocycles. The summed E-state index contributed by atoms with van der Waals surface area (Å²) in [7, 11) is 1.40. The van der Waals surface area contributed by atoms with Gasteiger partial charge >= 0.3 is 0 Å². The summed E-state index contributed by atoms with van der Waals surface area (Å²) in [5, 5.41) is 21.7. The predicted molar refractivity (Wildman–Crippen MR) is 44.4 cm³/mol. The van der Waals surface area contributed by atoms with Crippen LogP contribution in [0.15, 0.2) is 23.4 Å². The number of oxime groups is 1. The zero-order chi connectivity index (χ0) is 8.97. The first-order valence-corrected chi connectivity index (χ1v) is 3.33. The Hall–Kier alpha value is -1.71. The molecular formula is C8H9NO3. The zero-order valence-corrected chi connectivity index (χ0v) is 6.56. The van der Waals surface area contributed by atoms with Crippen molar-refractivity contribution in [1.29, 1.82) is 0 Å². The summed E-state index contributed by atoms with van der Waals surface area (Å²) in [5.74, 6) is -0.367. The Labute approximate surface area is 69.7 Å². The maximum atomic E-state index is 9.23. The fraction of sp³-hybridized carbons (Fsp3) is 0.125. The number of phenols is 2. The van der Waals surface area contributed by atoms with E-state index in [1.54, 1.807) is 12.1 Å². The molecule has 0 unspecified atom stereocenters. The summed E-state index contributed by atoms with van der Waals surface area (Å²) in [4.78, 5) is 4.42. The lowest BCUT2D eigenvalue weighted by Gasteiger charge is -1.99. The molecule has 4 heteroatoms. The van der Waals surface area contributed by atoms with Gasteiger partial charge in [-0.25, -0.2) is 0 Å². The normalized spacial score (nSPS) is 10.4. The summed E-state index contributed by atoms with van der Waals surface area (Å²) in [6, 6.07) is 4.60. The van der Waals surface area contributed by atoms with Crippen LogP contribution < -0.4 is 0 Å². The molecule has 0 bridgehead atoms. The van der Waals surface area contributed by atoms with Crippen molar-refractivity contribution in [2.24, 2.45) is 5.16 Å². The van der Waals surface area contributed by atoms with Crippen molar-refractivity contribution in [1.82, 2.24) is 0 Å². The van der Waals surface area contributed by atoms with Crippen molar-refractivity contribution in [3.05, 3.63) is 23.8 Å². The molecular weight excluding hydrogens is 158 g/mol. The maximum Gasteiger partial charge on any atom is 0.166 e.